The Morgan fingerprint density at radius 3 is 2.84 bits per heavy atom. The van der Waals surface area contributed by atoms with Crippen LogP contribution in [0.1, 0.15) is 29.9 Å². The molecule has 1 aromatic heterocycles. The SMILES string of the molecule is CCc1nn(C)cc1C(=O)N1CC(=O)NC(=O)C1C. The molecule has 1 aliphatic rings. The molecular weight excluding hydrogens is 248 g/mol. The molecule has 1 fully saturated rings. The molecule has 1 atom stereocenters. The Morgan fingerprint density at radius 1 is 1.53 bits per heavy atom. The highest BCUT2D eigenvalue weighted by Crippen LogP contribution is 2.14. The van der Waals surface area contributed by atoms with E-state index in [2.05, 4.69) is 10.4 Å². The van der Waals surface area contributed by atoms with Crippen molar-refractivity contribution in [3.05, 3.63) is 17.5 Å². The summed E-state index contributed by atoms with van der Waals surface area (Å²) in [6, 6.07) is -0.657. The van der Waals surface area contributed by atoms with Crippen LogP contribution < -0.4 is 5.32 Å². The number of rotatable bonds is 2. The van der Waals surface area contributed by atoms with E-state index in [1.54, 1.807) is 24.9 Å². The van der Waals surface area contributed by atoms with Crippen LogP contribution in [-0.2, 0) is 23.1 Å². The molecule has 1 saturated heterocycles. The van der Waals surface area contributed by atoms with Gasteiger partial charge in [0.05, 0.1) is 11.3 Å². The maximum Gasteiger partial charge on any atom is 0.258 e. The van der Waals surface area contributed by atoms with Crippen LogP contribution in [0.4, 0.5) is 0 Å². The molecule has 7 heteroatoms. The molecule has 1 unspecified atom stereocenters. The predicted molar refractivity (Wildman–Crippen MR) is 66.2 cm³/mol. The van der Waals surface area contributed by atoms with Gasteiger partial charge in [0.1, 0.15) is 12.6 Å². The van der Waals surface area contributed by atoms with Gasteiger partial charge < -0.3 is 4.90 Å². The van der Waals surface area contributed by atoms with Crippen molar-refractivity contribution in [3.63, 3.8) is 0 Å². The van der Waals surface area contributed by atoms with Crippen LogP contribution in [0.15, 0.2) is 6.20 Å². The zero-order chi connectivity index (χ0) is 14.2. The molecule has 1 N–H and O–H groups in total. The number of hydrogen-bond acceptors (Lipinski definition) is 4. The second-order valence-corrected chi connectivity index (χ2v) is 4.54. The number of carbonyl (C=O) groups is 3. The number of carbonyl (C=O) groups excluding carboxylic acids is 3. The summed E-state index contributed by atoms with van der Waals surface area (Å²) in [4.78, 5) is 36.7. The van der Waals surface area contributed by atoms with Crippen LogP contribution in [0, 0.1) is 0 Å². The van der Waals surface area contributed by atoms with Crippen LogP contribution in [0.25, 0.3) is 0 Å². The van der Waals surface area contributed by atoms with Crippen LogP contribution in [0.5, 0.6) is 0 Å². The number of aryl methyl sites for hydroxylation is 2. The van der Waals surface area contributed by atoms with Crippen molar-refractivity contribution in [2.24, 2.45) is 7.05 Å². The number of nitrogens with one attached hydrogen (secondary N) is 1. The van der Waals surface area contributed by atoms with Gasteiger partial charge in [0.2, 0.25) is 11.8 Å². The first-order chi connectivity index (χ1) is 8.93. The molecule has 7 nitrogen and oxygen atoms in total. The fraction of sp³-hybridized carbons (Fsp3) is 0.500. The minimum Gasteiger partial charge on any atom is -0.317 e. The van der Waals surface area contributed by atoms with Gasteiger partial charge in [0.25, 0.3) is 5.91 Å². The van der Waals surface area contributed by atoms with E-state index in [1.165, 1.54) is 4.90 Å². The zero-order valence-corrected chi connectivity index (χ0v) is 11.1. The van der Waals surface area contributed by atoms with Crippen LogP contribution >= 0.6 is 0 Å². The number of piperazine rings is 1. The minimum atomic E-state index is -0.657. The summed E-state index contributed by atoms with van der Waals surface area (Å²) in [7, 11) is 1.73. The van der Waals surface area contributed by atoms with Crippen LogP contribution in [0.2, 0.25) is 0 Å². The Kier molecular flexibility index (Phi) is 3.37. The second kappa shape index (κ2) is 4.83. The standard InChI is InChI=1S/C12H16N4O3/c1-4-9-8(5-15(3)14-9)12(19)16-6-10(17)13-11(18)7(16)2/h5,7H,4,6H2,1-3H3,(H,13,17,18). The summed E-state index contributed by atoms with van der Waals surface area (Å²) in [6.45, 7) is 3.39. The quantitative estimate of drug-likeness (QED) is 0.728. The molecule has 19 heavy (non-hydrogen) atoms. The van der Waals surface area contributed by atoms with E-state index < -0.39 is 17.9 Å². The van der Waals surface area contributed by atoms with Gasteiger partial charge in [-0.05, 0) is 13.3 Å². The van der Waals surface area contributed by atoms with Gasteiger partial charge in [-0.25, -0.2) is 0 Å². The summed E-state index contributed by atoms with van der Waals surface area (Å²) in [6.07, 6.45) is 2.23. The number of nitrogens with zero attached hydrogens (tertiary/aromatic N) is 3. The van der Waals surface area contributed by atoms with E-state index in [0.29, 0.717) is 17.7 Å². The number of imide groups is 1. The van der Waals surface area contributed by atoms with Gasteiger partial charge in [-0.15, -0.1) is 0 Å². The van der Waals surface area contributed by atoms with Crippen molar-refractivity contribution < 1.29 is 14.4 Å². The van der Waals surface area contributed by atoms with Crippen LogP contribution in [-0.4, -0.2) is 45.0 Å². The molecule has 2 heterocycles. The maximum atomic E-state index is 12.4. The van der Waals surface area contributed by atoms with Gasteiger partial charge in [0.15, 0.2) is 0 Å². The predicted octanol–water partition coefficient (Wildman–Crippen LogP) is -0.530. The highest BCUT2D eigenvalue weighted by molar-refractivity contribution is 6.07. The Morgan fingerprint density at radius 2 is 2.21 bits per heavy atom. The summed E-state index contributed by atoms with van der Waals surface area (Å²) in [5.74, 6) is -1.24. The molecular formula is C12H16N4O3. The van der Waals surface area contributed by atoms with Crippen molar-refractivity contribution in [1.82, 2.24) is 20.0 Å². The topological polar surface area (TPSA) is 84.3 Å². The Balaban J connectivity index is 2.32. The number of amides is 3. The third kappa shape index (κ3) is 2.35. The fourth-order valence-corrected chi connectivity index (χ4v) is 2.09. The monoisotopic (exact) mass is 264 g/mol. The lowest BCUT2D eigenvalue weighted by Crippen LogP contribution is -2.58. The molecule has 0 aromatic carbocycles. The molecule has 2 rings (SSSR count). The van der Waals surface area contributed by atoms with E-state index in [4.69, 9.17) is 0 Å². The van der Waals surface area contributed by atoms with Gasteiger partial charge in [-0.1, -0.05) is 6.92 Å². The van der Waals surface area contributed by atoms with Gasteiger partial charge in [0, 0.05) is 13.2 Å². The van der Waals surface area contributed by atoms with E-state index in [0.717, 1.165) is 0 Å². The average Bonchev–Trinajstić information content (AvgIpc) is 2.74. The highest BCUT2D eigenvalue weighted by atomic mass is 16.2. The lowest BCUT2D eigenvalue weighted by molar-refractivity contribution is -0.138. The lowest BCUT2D eigenvalue weighted by atomic mass is 10.1. The molecule has 102 valence electrons. The van der Waals surface area contributed by atoms with E-state index in [1.807, 2.05) is 6.92 Å². The van der Waals surface area contributed by atoms with E-state index in [-0.39, 0.29) is 12.5 Å². The number of hydrogen-bond donors (Lipinski definition) is 1. The molecule has 0 spiro atoms. The molecule has 0 radical (unpaired) electrons. The van der Waals surface area contributed by atoms with E-state index in [9.17, 15) is 14.4 Å². The third-order valence-corrected chi connectivity index (χ3v) is 3.15. The summed E-state index contributed by atoms with van der Waals surface area (Å²) < 4.78 is 1.56. The molecule has 0 bridgehead atoms. The molecule has 3 amide bonds. The first kappa shape index (κ1) is 13.3. The Hall–Kier alpha value is -2.18. The van der Waals surface area contributed by atoms with Gasteiger partial charge in [-0.2, -0.15) is 5.10 Å². The van der Waals surface area contributed by atoms with Crippen molar-refractivity contribution in [2.75, 3.05) is 6.54 Å². The molecule has 1 aromatic rings. The third-order valence-electron chi connectivity index (χ3n) is 3.15. The molecule has 1 aliphatic heterocycles. The Bertz CT molecular complexity index is 549. The summed E-state index contributed by atoms with van der Waals surface area (Å²) in [5, 5.41) is 6.40. The Labute approximate surface area is 110 Å². The first-order valence-corrected chi connectivity index (χ1v) is 6.11. The van der Waals surface area contributed by atoms with Crippen molar-refractivity contribution in [1.29, 1.82) is 0 Å². The summed E-state index contributed by atoms with van der Waals surface area (Å²) in [5.41, 5.74) is 1.11. The average molecular weight is 264 g/mol. The smallest absolute Gasteiger partial charge is 0.258 e. The maximum absolute atomic E-state index is 12.4. The van der Waals surface area contributed by atoms with Crippen molar-refractivity contribution in [2.45, 2.75) is 26.3 Å². The summed E-state index contributed by atoms with van der Waals surface area (Å²) >= 11 is 0. The van der Waals surface area contributed by atoms with Gasteiger partial charge >= 0.3 is 0 Å². The normalized spacial score (nSPS) is 19.5. The second-order valence-electron chi connectivity index (χ2n) is 4.54. The largest absolute Gasteiger partial charge is 0.317 e. The highest BCUT2D eigenvalue weighted by Gasteiger charge is 2.35. The van der Waals surface area contributed by atoms with Crippen LogP contribution in [0.3, 0.4) is 0 Å². The minimum absolute atomic E-state index is 0.107. The zero-order valence-electron chi connectivity index (χ0n) is 11.1. The van der Waals surface area contributed by atoms with Gasteiger partial charge in [-0.3, -0.25) is 24.4 Å². The van der Waals surface area contributed by atoms with Crippen molar-refractivity contribution >= 4 is 17.7 Å². The fourth-order valence-electron chi connectivity index (χ4n) is 2.09. The lowest BCUT2D eigenvalue weighted by Gasteiger charge is -2.31. The molecule has 0 aliphatic carbocycles. The van der Waals surface area contributed by atoms with E-state index >= 15 is 0 Å². The van der Waals surface area contributed by atoms with Crippen molar-refractivity contribution in [3.8, 4) is 0 Å². The first-order valence-electron chi connectivity index (χ1n) is 6.11. The number of aromatic nitrogens is 2. The molecule has 0 saturated carbocycles.